The van der Waals surface area contributed by atoms with Gasteiger partial charge in [-0.05, 0) is 25.3 Å². The molecule has 146 valence electrons. The van der Waals surface area contributed by atoms with Crippen LogP contribution in [0.25, 0.3) is 0 Å². The van der Waals surface area contributed by atoms with Crippen LogP contribution < -0.4 is 5.32 Å². The number of benzene rings is 1. The molecule has 1 heterocycles. The molecule has 1 saturated heterocycles. The van der Waals surface area contributed by atoms with Gasteiger partial charge in [-0.1, -0.05) is 30.3 Å². The van der Waals surface area contributed by atoms with E-state index in [-0.39, 0.29) is 13.2 Å². The molecule has 1 amide bonds. The van der Waals surface area contributed by atoms with Crippen molar-refractivity contribution in [1.29, 1.82) is 0 Å². The van der Waals surface area contributed by atoms with Gasteiger partial charge in [0, 0.05) is 13.2 Å². The number of carbonyl (C=O) groups is 1. The highest BCUT2D eigenvalue weighted by atomic mass is 16.7. The van der Waals surface area contributed by atoms with Gasteiger partial charge in [-0.15, -0.1) is 0 Å². The molecule has 1 aromatic carbocycles. The van der Waals surface area contributed by atoms with Gasteiger partial charge in [0.05, 0.1) is 6.10 Å². The largest absolute Gasteiger partial charge is 0.445 e. The van der Waals surface area contributed by atoms with Crippen molar-refractivity contribution in [3.8, 4) is 0 Å². The van der Waals surface area contributed by atoms with Gasteiger partial charge in [-0.3, -0.25) is 0 Å². The molecular weight excluding hydrogens is 342 g/mol. The summed E-state index contributed by atoms with van der Waals surface area (Å²) in [6.07, 6.45) is -4.55. The van der Waals surface area contributed by atoms with E-state index in [2.05, 4.69) is 5.32 Å². The molecule has 26 heavy (non-hydrogen) atoms. The van der Waals surface area contributed by atoms with Crippen LogP contribution in [-0.4, -0.2) is 65.3 Å². The SMILES string of the molecule is C[C@H]1O[C@H](OCCCCNC(=O)OCc2ccccc2)[C@H](O)[C@@H](O)[C@@H]1O. The van der Waals surface area contributed by atoms with Crippen molar-refractivity contribution in [2.45, 2.75) is 57.1 Å². The van der Waals surface area contributed by atoms with Gasteiger partial charge in [0.2, 0.25) is 0 Å². The fourth-order valence-corrected chi connectivity index (χ4v) is 2.54. The van der Waals surface area contributed by atoms with Crippen molar-refractivity contribution in [3.05, 3.63) is 35.9 Å². The van der Waals surface area contributed by atoms with Gasteiger partial charge in [0.25, 0.3) is 0 Å². The lowest BCUT2D eigenvalue weighted by Gasteiger charge is -2.38. The Labute approximate surface area is 152 Å². The monoisotopic (exact) mass is 369 g/mol. The van der Waals surface area contributed by atoms with E-state index in [4.69, 9.17) is 14.2 Å². The van der Waals surface area contributed by atoms with Gasteiger partial charge >= 0.3 is 6.09 Å². The smallest absolute Gasteiger partial charge is 0.407 e. The van der Waals surface area contributed by atoms with E-state index in [1.165, 1.54) is 0 Å². The van der Waals surface area contributed by atoms with Crippen LogP contribution >= 0.6 is 0 Å². The number of aliphatic hydroxyl groups excluding tert-OH is 3. The fourth-order valence-electron chi connectivity index (χ4n) is 2.54. The Morgan fingerprint density at radius 3 is 2.58 bits per heavy atom. The highest BCUT2D eigenvalue weighted by Gasteiger charge is 2.42. The average Bonchev–Trinajstić information content (AvgIpc) is 2.65. The first-order valence-electron chi connectivity index (χ1n) is 8.75. The summed E-state index contributed by atoms with van der Waals surface area (Å²) in [4.78, 5) is 11.6. The van der Waals surface area contributed by atoms with E-state index in [1.54, 1.807) is 6.92 Å². The van der Waals surface area contributed by atoms with Crippen LogP contribution in [0.4, 0.5) is 4.79 Å². The second-order valence-electron chi connectivity index (χ2n) is 6.25. The summed E-state index contributed by atoms with van der Waals surface area (Å²) in [5, 5.41) is 31.8. The lowest BCUT2D eigenvalue weighted by molar-refractivity contribution is -0.293. The van der Waals surface area contributed by atoms with Crippen LogP contribution in [0.2, 0.25) is 0 Å². The van der Waals surface area contributed by atoms with E-state index in [0.717, 1.165) is 5.56 Å². The summed E-state index contributed by atoms with van der Waals surface area (Å²) in [5.74, 6) is 0. The number of rotatable bonds is 8. The molecule has 2 rings (SSSR count). The predicted molar refractivity (Wildman–Crippen MR) is 92.2 cm³/mol. The minimum absolute atomic E-state index is 0.221. The second kappa shape index (κ2) is 10.4. The Morgan fingerprint density at radius 2 is 1.85 bits per heavy atom. The Morgan fingerprint density at radius 1 is 1.12 bits per heavy atom. The highest BCUT2D eigenvalue weighted by Crippen LogP contribution is 2.21. The molecule has 0 saturated carbocycles. The number of unbranched alkanes of at least 4 members (excludes halogenated alkanes) is 1. The number of aliphatic hydroxyl groups is 3. The molecule has 1 aliphatic heterocycles. The molecule has 0 aliphatic carbocycles. The van der Waals surface area contributed by atoms with E-state index in [0.29, 0.717) is 19.4 Å². The van der Waals surface area contributed by atoms with Gasteiger partial charge in [0.1, 0.15) is 24.9 Å². The van der Waals surface area contributed by atoms with Crippen molar-refractivity contribution in [3.63, 3.8) is 0 Å². The number of hydrogen-bond acceptors (Lipinski definition) is 7. The molecule has 0 radical (unpaired) electrons. The van der Waals surface area contributed by atoms with Crippen LogP contribution in [0.15, 0.2) is 30.3 Å². The fraction of sp³-hybridized carbons (Fsp3) is 0.611. The van der Waals surface area contributed by atoms with Gasteiger partial charge in [-0.2, -0.15) is 0 Å². The Bertz CT molecular complexity index is 542. The number of hydrogen-bond donors (Lipinski definition) is 4. The maximum absolute atomic E-state index is 11.6. The molecule has 0 bridgehead atoms. The molecule has 1 aromatic rings. The van der Waals surface area contributed by atoms with E-state index in [9.17, 15) is 20.1 Å². The third kappa shape index (κ3) is 6.22. The Balaban J connectivity index is 1.53. The highest BCUT2D eigenvalue weighted by molar-refractivity contribution is 5.67. The topological polar surface area (TPSA) is 117 Å². The minimum atomic E-state index is -1.30. The summed E-state index contributed by atoms with van der Waals surface area (Å²) in [6, 6.07) is 9.41. The zero-order chi connectivity index (χ0) is 18.9. The average molecular weight is 369 g/mol. The van der Waals surface area contributed by atoms with Crippen molar-refractivity contribution < 1.29 is 34.3 Å². The number of amides is 1. The molecule has 0 spiro atoms. The Kier molecular flexibility index (Phi) is 8.27. The van der Waals surface area contributed by atoms with Gasteiger partial charge in [0.15, 0.2) is 6.29 Å². The summed E-state index contributed by atoms with van der Waals surface area (Å²) in [5.41, 5.74) is 0.920. The minimum Gasteiger partial charge on any atom is -0.445 e. The normalized spacial score (nSPS) is 28.5. The molecule has 0 unspecified atom stereocenters. The van der Waals surface area contributed by atoms with E-state index < -0.39 is 36.8 Å². The number of alkyl carbamates (subject to hydrolysis) is 1. The standard InChI is InChI=1S/C18H27NO7/c1-12-14(20)15(21)16(22)17(26-12)24-10-6-5-9-19-18(23)25-11-13-7-3-2-4-8-13/h2-4,7-8,12,14-17,20-22H,5-6,9-11H2,1H3,(H,19,23)/t12-,14-,15+,16-,17+/m1/s1. The molecule has 0 aromatic heterocycles. The molecule has 1 aliphatic rings. The zero-order valence-electron chi connectivity index (χ0n) is 14.8. The Hall–Kier alpha value is -1.71. The zero-order valence-corrected chi connectivity index (χ0v) is 14.8. The second-order valence-corrected chi connectivity index (χ2v) is 6.25. The van der Waals surface area contributed by atoms with Crippen molar-refractivity contribution >= 4 is 6.09 Å². The van der Waals surface area contributed by atoms with Gasteiger partial charge in [-0.25, -0.2) is 4.79 Å². The van der Waals surface area contributed by atoms with Gasteiger partial charge < -0.3 is 34.8 Å². The lowest BCUT2D eigenvalue weighted by Crippen LogP contribution is -2.57. The quantitative estimate of drug-likeness (QED) is 0.494. The van der Waals surface area contributed by atoms with Crippen molar-refractivity contribution in [2.24, 2.45) is 0 Å². The van der Waals surface area contributed by atoms with Crippen molar-refractivity contribution in [1.82, 2.24) is 5.32 Å². The van der Waals surface area contributed by atoms with E-state index >= 15 is 0 Å². The van der Waals surface area contributed by atoms with Crippen molar-refractivity contribution in [2.75, 3.05) is 13.2 Å². The van der Waals surface area contributed by atoms with Crippen LogP contribution in [0.5, 0.6) is 0 Å². The summed E-state index contributed by atoms with van der Waals surface area (Å²) in [6.45, 7) is 2.54. The maximum Gasteiger partial charge on any atom is 0.407 e. The summed E-state index contributed by atoms with van der Waals surface area (Å²) in [7, 11) is 0. The molecule has 8 heteroatoms. The number of nitrogens with one attached hydrogen (secondary N) is 1. The van der Waals surface area contributed by atoms with Crippen LogP contribution in [0, 0.1) is 0 Å². The third-order valence-electron chi connectivity index (χ3n) is 4.14. The number of ether oxygens (including phenoxy) is 3. The molecule has 5 atom stereocenters. The van der Waals surface area contributed by atoms with Crippen LogP contribution in [0.3, 0.4) is 0 Å². The molecule has 4 N–H and O–H groups in total. The lowest BCUT2D eigenvalue weighted by atomic mass is 10.0. The first-order chi connectivity index (χ1) is 12.5. The molecule has 1 fully saturated rings. The first-order valence-corrected chi connectivity index (χ1v) is 8.75. The first kappa shape index (κ1) is 20.6. The summed E-state index contributed by atoms with van der Waals surface area (Å²) >= 11 is 0. The molecular formula is C18H27NO7. The predicted octanol–water partition coefficient (Wildman–Crippen LogP) is 0.537. The van der Waals surface area contributed by atoms with Crippen LogP contribution in [-0.2, 0) is 20.8 Å². The third-order valence-corrected chi connectivity index (χ3v) is 4.14. The van der Waals surface area contributed by atoms with Crippen LogP contribution in [0.1, 0.15) is 25.3 Å². The number of carbonyl (C=O) groups excluding carboxylic acids is 1. The van der Waals surface area contributed by atoms with E-state index in [1.807, 2.05) is 30.3 Å². The maximum atomic E-state index is 11.6. The summed E-state index contributed by atoms with van der Waals surface area (Å²) < 4.78 is 15.8. The molecule has 8 nitrogen and oxygen atoms in total.